The molecule has 0 aromatic heterocycles. The number of aliphatic hydroxyl groups is 3. The van der Waals surface area contributed by atoms with Gasteiger partial charge in [-0.3, -0.25) is 0 Å². The maximum absolute atomic E-state index is 10.2. The SMILES string of the molecule is C=C1[C@H](O)CC(=C/C=C2\CCC[C@@]3(C)C2CC[C@@H]3[C@@H](C)[C@@H](C)CCC(C)(C)O)C[C@H]1O. The molecule has 0 amide bonds. The van der Waals surface area contributed by atoms with Crippen molar-refractivity contribution in [2.75, 3.05) is 0 Å². The fraction of sp³-hybridized carbons (Fsp3) is 0.786. The van der Waals surface area contributed by atoms with Gasteiger partial charge in [0.25, 0.3) is 0 Å². The summed E-state index contributed by atoms with van der Waals surface area (Å²) >= 11 is 0. The number of allylic oxidation sites excluding steroid dienone is 3. The number of fused-ring (bicyclic) bond motifs is 1. The number of hydrogen-bond acceptors (Lipinski definition) is 3. The van der Waals surface area contributed by atoms with E-state index in [0.29, 0.717) is 41.6 Å². The lowest BCUT2D eigenvalue weighted by atomic mass is 9.59. The zero-order valence-electron chi connectivity index (χ0n) is 20.5. The van der Waals surface area contributed by atoms with Crippen LogP contribution in [0.25, 0.3) is 0 Å². The van der Waals surface area contributed by atoms with Gasteiger partial charge < -0.3 is 15.3 Å². The summed E-state index contributed by atoms with van der Waals surface area (Å²) in [7, 11) is 0. The molecule has 1 unspecified atom stereocenters. The number of rotatable bonds is 6. The maximum atomic E-state index is 10.2. The molecule has 0 heterocycles. The molecule has 7 atom stereocenters. The van der Waals surface area contributed by atoms with Gasteiger partial charge in [0.15, 0.2) is 0 Å². The first-order chi connectivity index (χ1) is 14.4. The predicted octanol–water partition coefficient (Wildman–Crippen LogP) is 5.95. The molecule has 0 saturated heterocycles. The highest BCUT2D eigenvalue weighted by atomic mass is 16.3. The van der Waals surface area contributed by atoms with E-state index >= 15 is 0 Å². The van der Waals surface area contributed by atoms with Gasteiger partial charge in [-0.25, -0.2) is 0 Å². The third kappa shape index (κ3) is 5.54. The van der Waals surface area contributed by atoms with Crippen LogP contribution in [-0.2, 0) is 0 Å². The molecule has 3 aliphatic rings. The second-order valence-electron chi connectivity index (χ2n) is 11.9. The highest BCUT2D eigenvalue weighted by Gasteiger charge is 2.51. The van der Waals surface area contributed by atoms with Gasteiger partial charge in [-0.15, -0.1) is 0 Å². The van der Waals surface area contributed by atoms with Gasteiger partial charge in [-0.05, 0) is 106 Å². The van der Waals surface area contributed by atoms with Crippen LogP contribution in [-0.4, -0.2) is 33.1 Å². The summed E-state index contributed by atoms with van der Waals surface area (Å²) in [5, 5.41) is 30.5. The van der Waals surface area contributed by atoms with E-state index in [2.05, 4.69) is 39.5 Å². The second kappa shape index (κ2) is 9.53. The Morgan fingerprint density at radius 1 is 1.13 bits per heavy atom. The highest BCUT2D eigenvalue weighted by Crippen LogP contribution is 2.60. The Balaban J connectivity index is 1.71. The summed E-state index contributed by atoms with van der Waals surface area (Å²) in [5.74, 6) is 2.69. The standard InChI is InChI=1S/C28H46O3/c1-18(13-15-27(4,5)31)19(2)23-11-12-24-22(8-7-14-28(23,24)6)10-9-21-16-25(29)20(3)26(30)17-21/h9-10,18-19,23-26,29-31H,3,7-8,11-17H2,1-2,4-6H3/b22-10+/t18-,19-,23+,24?,25+,26+,28+/m0/s1. The Bertz CT molecular complexity index is 696. The monoisotopic (exact) mass is 430 g/mol. The summed E-state index contributed by atoms with van der Waals surface area (Å²) in [5.41, 5.74) is 3.06. The van der Waals surface area contributed by atoms with Crippen LogP contribution in [0.1, 0.15) is 92.4 Å². The summed E-state index contributed by atoms with van der Waals surface area (Å²) in [6, 6.07) is 0. The van der Waals surface area contributed by atoms with Crippen molar-refractivity contribution >= 4 is 0 Å². The van der Waals surface area contributed by atoms with Crippen molar-refractivity contribution in [1.29, 1.82) is 0 Å². The zero-order valence-corrected chi connectivity index (χ0v) is 20.5. The molecule has 0 spiro atoms. The van der Waals surface area contributed by atoms with Crippen LogP contribution in [0.4, 0.5) is 0 Å². The number of hydrogen-bond donors (Lipinski definition) is 3. The van der Waals surface area contributed by atoms with Gasteiger partial charge in [0.2, 0.25) is 0 Å². The van der Waals surface area contributed by atoms with E-state index in [1.165, 1.54) is 32.1 Å². The minimum absolute atomic E-state index is 0.366. The van der Waals surface area contributed by atoms with Crippen LogP contribution in [0.15, 0.2) is 35.5 Å². The van der Waals surface area contributed by atoms with Crippen molar-refractivity contribution < 1.29 is 15.3 Å². The first-order valence-electron chi connectivity index (χ1n) is 12.6. The maximum Gasteiger partial charge on any atom is 0.0809 e. The van der Waals surface area contributed by atoms with Crippen LogP contribution >= 0.6 is 0 Å². The van der Waals surface area contributed by atoms with Crippen molar-refractivity contribution in [1.82, 2.24) is 0 Å². The van der Waals surface area contributed by atoms with E-state index in [4.69, 9.17) is 0 Å². The summed E-state index contributed by atoms with van der Waals surface area (Å²) < 4.78 is 0. The van der Waals surface area contributed by atoms with Gasteiger partial charge in [0.05, 0.1) is 17.8 Å². The first kappa shape index (κ1) is 24.7. The van der Waals surface area contributed by atoms with Crippen molar-refractivity contribution in [2.24, 2.45) is 29.1 Å². The summed E-state index contributed by atoms with van der Waals surface area (Å²) in [6.45, 7) is 15.0. The molecule has 3 rings (SSSR count). The van der Waals surface area contributed by atoms with E-state index < -0.39 is 17.8 Å². The molecule has 3 N–H and O–H groups in total. The molecule has 0 bridgehead atoms. The molecule has 176 valence electrons. The van der Waals surface area contributed by atoms with E-state index in [-0.39, 0.29) is 0 Å². The summed E-state index contributed by atoms with van der Waals surface area (Å²) in [4.78, 5) is 0. The predicted molar refractivity (Wildman–Crippen MR) is 129 cm³/mol. The van der Waals surface area contributed by atoms with Crippen molar-refractivity contribution in [2.45, 2.75) is 110 Å². The lowest BCUT2D eigenvalue weighted by Crippen LogP contribution is -2.37. The molecule has 3 fully saturated rings. The molecular weight excluding hydrogens is 384 g/mol. The lowest BCUT2D eigenvalue weighted by Gasteiger charge is -2.45. The zero-order chi connectivity index (χ0) is 23.0. The summed E-state index contributed by atoms with van der Waals surface area (Å²) in [6.07, 6.45) is 12.8. The van der Waals surface area contributed by atoms with Crippen LogP contribution < -0.4 is 0 Å². The Kier molecular flexibility index (Phi) is 7.61. The van der Waals surface area contributed by atoms with Crippen LogP contribution in [0.3, 0.4) is 0 Å². The average Bonchev–Trinajstić information content (AvgIpc) is 3.04. The molecule has 0 aromatic rings. The quantitative estimate of drug-likeness (QED) is 0.456. The molecule has 31 heavy (non-hydrogen) atoms. The molecule has 3 heteroatoms. The normalized spacial score (nSPS) is 37.6. The number of aliphatic hydroxyl groups excluding tert-OH is 2. The fourth-order valence-corrected chi connectivity index (χ4v) is 6.81. The first-order valence-corrected chi connectivity index (χ1v) is 12.6. The Labute approximate surface area is 190 Å². The van der Waals surface area contributed by atoms with Crippen LogP contribution in [0.5, 0.6) is 0 Å². The highest BCUT2D eigenvalue weighted by molar-refractivity contribution is 5.29. The van der Waals surface area contributed by atoms with Gasteiger partial charge >= 0.3 is 0 Å². The Hall–Kier alpha value is -0.900. The third-order valence-corrected chi connectivity index (χ3v) is 9.08. The minimum Gasteiger partial charge on any atom is -0.390 e. The topological polar surface area (TPSA) is 60.7 Å². The molecule has 0 aliphatic heterocycles. The second-order valence-corrected chi connectivity index (χ2v) is 11.9. The molecule has 3 nitrogen and oxygen atoms in total. The van der Waals surface area contributed by atoms with Crippen molar-refractivity contribution in [3.8, 4) is 0 Å². The third-order valence-electron chi connectivity index (χ3n) is 9.08. The smallest absolute Gasteiger partial charge is 0.0809 e. The van der Waals surface area contributed by atoms with Crippen molar-refractivity contribution in [3.05, 3.63) is 35.5 Å². The molecule has 0 radical (unpaired) electrons. The van der Waals surface area contributed by atoms with Crippen molar-refractivity contribution in [3.63, 3.8) is 0 Å². The Morgan fingerprint density at radius 3 is 2.39 bits per heavy atom. The Morgan fingerprint density at radius 2 is 1.77 bits per heavy atom. The average molecular weight is 431 g/mol. The van der Waals surface area contributed by atoms with Crippen LogP contribution in [0, 0.1) is 29.1 Å². The van der Waals surface area contributed by atoms with Gasteiger partial charge in [-0.1, -0.05) is 50.6 Å². The lowest BCUT2D eigenvalue weighted by molar-refractivity contribution is 0.0447. The van der Waals surface area contributed by atoms with E-state index in [1.807, 2.05) is 13.8 Å². The molecule has 3 saturated carbocycles. The van der Waals surface area contributed by atoms with Gasteiger partial charge in [-0.2, -0.15) is 0 Å². The fourth-order valence-electron chi connectivity index (χ4n) is 6.81. The van der Waals surface area contributed by atoms with Gasteiger partial charge in [0, 0.05) is 0 Å². The van der Waals surface area contributed by atoms with Gasteiger partial charge in [0.1, 0.15) is 0 Å². The molecule has 3 aliphatic carbocycles. The molecule has 0 aromatic carbocycles. The largest absolute Gasteiger partial charge is 0.390 e. The minimum atomic E-state index is -0.618. The van der Waals surface area contributed by atoms with E-state index in [9.17, 15) is 15.3 Å². The van der Waals surface area contributed by atoms with Crippen LogP contribution in [0.2, 0.25) is 0 Å². The van der Waals surface area contributed by atoms with E-state index in [1.54, 1.807) is 5.57 Å². The molecular formula is C28H46O3. The van der Waals surface area contributed by atoms with E-state index in [0.717, 1.165) is 24.3 Å².